The van der Waals surface area contributed by atoms with Crippen LogP contribution in [0.15, 0.2) is 36.4 Å². The van der Waals surface area contributed by atoms with E-state index in [2.05, 4.69) is 15.1 Å². The second kappa shape index (κ2) is 10.6. The van der Waals surface area contributed by atoms with Crippen LogP contribution in [0, 0.1) is 5.92 Å². The van der Waals surface area contributed by atoms with Crippen molar-refractivity contribution in [1.29, 1.82) is 0 Å². The van der Waals surface area contributed by atoms with Crippen LogP contribution >= 0.6 is 0 Å². The number of aromatic nitrogens is 2. The molecule has 0 N–H and O–H groups in total. The number of hydrogen-bond acceptors (Lipinski definition) is 6. The van der Waals surface area contributed by atoms with Gasteiger partial charge in [0.2, 0.25) is 11.8 Å². The van der Waals surface area contributed by atoms with Gasteiger partial charge in [-0.25, -0.2) is 0 Å². The molecule has 0 atom stereocenters. The molecule has 1 saturated heterocycles. The molecule has 8 heteroatoms. The number of ether oxygens (including phenoxy) is 1. The topological polar surface area (TPSA) is 78.9 Å². The Bertz CT molecular complexity index is 944. The Morgan fingerprint density at radius 1 is 1.03 bits per heavy atom. The highest BCUT2D eigenvalue weighted by atomic mass is 16.5. The van der Waals surface area contributed by atoms with E-state index in [1.54, 1.807) is 12.0 Å². The minimum absolute atomic E-state index is 0.0419. The normalized spacial score (nSPS) is 16.3. The van der Waals surface area contributed by atoms with Crippen LogP contribution in [0.2, 0.25) is 0 Å². The van der Waals surface area contributed by atoms with Gasteiger partial charge in [0.1, 0.15) is 5.75 Å². The molecule has 2 aliphatic rings. The average molecular weight is 452 g/mol. The molecule has 2 fully saturated rings. The maximum atomic E-state index is 13.0. The van der Waals surface area contributed by atoms with Gasteiger partial charge in [0.05, 0.1) is 19.3 Å². The number of nitrogens with zero attached hydrogens (tertiary/aromatic N) is 5. The van der Waals surface area contributed by atoms with E-state index in [9.17, 15) is 9.59 Å². The second-order valence-corrected chi connectivity index (χ2v) is 8.76. The Morgan fingerprint density at radius 3 is 2.45 bits per heavy atom. The van der Waals surface area contributed by atoms with Crippen molar-refractivity contribution >= 4 is 17.6 Å². The predicted octanol–water partition coefficient (Wildman–Crippen LogP) is 2.84. The van der Waals surface area contributed by atoms with Crippen molar-refractivity contribution in [3.8, 4) is 17.0 Å². The van der Waals surface area contributed by atoms with E-state index < -0.39 is 0 Å². The molecular weight excluding hydrogens is 418 g/mol. The molecular formula is C25H33N5O3. The first kappa shape index (κ1) is 23.0. The van der Waals surface area contributed by atoms with Crippen molar-refractivity contribution in [2.24, 2.45) is 5.92 Å². The van der Waals surface area contributed by atoms with Crippen molar-refractivity contribution in [3.05, 3.63) is 36.4 Å². The molecule has 2 heterocycles. The van der Waals surface area contributed by atoms with Crippen LogP contribution in [0.1, 0.15) is 32.6 Å². The van der Waals surface area contributed by atoms with Crippen LogP contribution in [0.3, 0.4) is 0 Å². The zero-order valence-corrected chi connectivity index (χ0v) is 19.6. The third kappa shape index (κ3) is 5.80. The van der Waals surface area contributed by atoms with E-state index in [0.717, 1.165) is 55.1 Å². The Labute approximate surface area is 195 Å². The summed E-state index contributed by atoms with van der Waals surface area (Å²) in [5, 5.41) is 8.85. The molecule has 8 nitrogen and oxygen atoms in total. The Hall–Kier alpha value is -3.16. The molecule has 176 valence electrons. The number of carbonyl (C=O) groups excluding carboxylic acids is 2. The van der Waals surface area contributed by atoms with E-state index in [1.165, 1.54) is 0 Å². The lowest BCUT2D eigenvalue weighted by Gasteiger charge is -2.27. The maximum Gasteiger partial charge on any atom is 0.242 e. The van der Waals surface area contributed by atoms with E-state index in [-0.39, 0.29) is 24.3 Å². The SMILES string of the molecule is CCCN(CC(=O)N1CCCN(c2ccc(-c3ccc(OC)cc3)nn2)CC1)C(=O)C1CC1. The number of hydrogen-bond donors (Lipinski definition) is 0. The summed E-state index contributed by atoms with van der Waals surface area (Å²) >= 11 is 0. The molecule has 4 rings (SSSR count). The molecule has 1 saturated carbocycles. The molecule has 2 aromatic rings. The molecule has 33 heavy (non-hydrogen) atoms. The van der Waals surface area contributed by atoms with Gasteiger partial charge in [-0.05, 0) is 62.1 Å². The van der Waals surface area contributed by atoms with E-state index >= 15 is 0 Å². The molecule has 0 unspecified atom stereocenters. The van der Waals surface area contributed by atoms with Gasteiger partial charge in [0.25, 0.3) is 0 Å². The van der Waals surface area contributed by atoms with Crippen LogP contribution in [0.25, 0.3) is 11.3 Å². The van der Waals surface area contributed by atoms with Gasteiger partial charge in [-0.1, -0.05) is 6.92 Å². The summed E-state index contributed by atoms with van der Waals surface area (Å²) in [5.41, 5.74) is 1.80. The van der Waals surface area contributed by atoms with Crippen molar-refractivity contribution in [2.75, 3.05) is 51.3 Å². The van der Waals surface area contributed by atoms with Crippen LogP contribution in [-0.2, 0) is 9.59 Å². The second-order valence-electron chi connectivity index (χ2n) is 8.76. The number of amides is 2. The average Bonchev–Trinajstić information content (AvgIpc) is 3.71. The van der Waals surface area contributed by atoms with Crippen molar-refractivity contribution < 1.29 is 14.3 Å². The minimum atomic E-state index is 0.0419. The maximum absolute atomic E-state index is 13.0. The van der Waals surface area contributed by atoms with Gasteiger partial charge in [-0.15, -0.1) is 10.2 Å². The fourth-order valence-corrected chi connectivity index (χ4v) is 4.19. The highest BCUT2D eigenvalue weighted by Gasteiger charge is 2.34. The van der Waals surface area contributed by atoms with Crippen LogP contribution in [-0.4, -0.2) is 78.2 Å². The minimum Gasteiger partial charge on any atom is -0.497 e. The molecule has 1 aromatic carbocycles. The van der Waals surface area contributed by atoms with Crippen LogP contribution < -0.4 is 9.64 Å². The summed E-state index contributed by atoms with van der Waals surface area (Å²) < 4.78 is 5.21. The Balaban J connectivity index is 1.34. The number of methoxy groups -OCH3 is 1. The Kier molecular flexibility index (Phi) is 7.42. The zero-order chi connectivity index (χ0) is 23.2. The molecule has 0 radical (unpaired) electrons. The van der Waals surface area contributed by atoms with E-state index in [0.29, 0.717) is 26.2 Å². The van der Waals surface area contributed by atoms with Gasteiger partial charge in [0.15, 0.2) is 5.82 Å². The summed E-state index contributed by atoms with van der Waals surface area (Å²) in [6.45, 7) is 5.73. The quantitative estimate of drug-likeness (QED) is 0.614. The number of anilines is 1. The van der Waals surface area contributed by atoms with Gasteiger partial charge in [-0.3, -0.25) is 9.59 Å². The summed E-state index contributed by atoms with van der Waals surface area (Å²) in [6, 6.07) is 11.7. The standard InChI is InChI=1S/C25H33N5O3/c1-3-13-30(25(32)20-5-6-20)18-24(31)29-15-4-14-28(16-17-29)23-12-11-22(26-27-23)19-7-9-21(33-2)10-8-19/h7-12,20H,3-6,13-18H2,1-2H3. The molecule has 0 bridgehead atoms. The molecule has 1 aliphatic carbocycles. The smallest absolute Gasteiger partial charge is 0.242 e. The summed E-state index contributed by atoms with van der Waals surface area (Å²) in [7, 11) is 1.65. The number of rotatable bonds is 8. The van der Waals surface area contributed by atoms with E-state index in [4.69, 9.17) is 4.74 Å². The first-order chi connectivity index (χ1) is 16.1. The van der Waals surface area contributed by atoms with Crippen molar-refractivity contribution in [1.82, 2.24) is 20.0 Å². The van der Waals surface area contributed by atoms with Gasteiger partial charge in [-0.2, -0.15) is 0 Å². The van der Waals surface area contributed by atoms with Crippen LogP contribution in [0.4, 0.5) is 5.82 Å². The van der Waals surface area contributed by atoms with Crippen molar-refractivity contribution in [3.63, 3.8) is 0 Å². The zero-order valence-electron chi connectivity index (χ0n) is 19.6. The van der Waals surface area contributed by atoms with Gasteiger partial charge in [0, 0.05) is 44.2 Å². The fraction of sp³-hybridized carbons (Fsp3) is 0.520. The molecule has 0 spiro atoms. The third-order valence-electron chi connectivity index (χ3n) is 6.27. The highest BCUT2D eigenvalue weighted by molar-refractivity contribution is 5.87. The molecule has 2 amide bonds. The first-order valence-electron chi connectivity index (χ1n) is 11.9. The highest BCUT2D eigenvalue weighted by Crippen LogP contribution is 2.31. The summed E-state index contributed by atoms with van der Waals surface area (Å²) in [5.74, 6) is 1.96. The van der Waals surface area contributed by atoms with E-state index in [1.807, 2.05) is 48.2 Å². The summed E-state index contributed by atoms with van der Waals surface area (Å²) in [6.07, 6.45) is 3.65. The largest absolute Gasteiger partial charge is 0.497 e. The number of carbonyl (C=O) groups is 2. The lowest BCUT2D eigenvalue weighted by Crippen LogP contribution is -2.45. The number of benzene rings is 1. The molecule has 1 aromatic heterocycles. The van der Waals surface area contributed by atoms with Crippen LogP contribution in [0.5, 0.6) is 5.75 Å². The first-order valence-corrected chi connectivity index (χ1v) is 11.9. The molecule has 1 aliphatic heterocycles. The van der Waals surface area contributed by atoms with Gasteiger partial charge < -0.3 is 19.4 Å². The monoisotopic (exact) mass is 451 g/mol. The lowest BCUT2D eigenvalue weighted by molar-refractivity contribution is -0.141. The summed E-state index contributed by atoms with van der Waals surface area (Å²) in [4.78, 5) is 31.3. The fourth-order valence-electron chi connectivity index (χ4n) is 4.19. The predicted molar refractivity (Wildman–Crippen MR) is 127 cm³/mol. The lowest BCUT2D eigenvalue weighted by atomic mass is 10.1. The third-order valence-corrected chi connectivity index (χ3v) is 6.27. The van der Waals surface area contributed by atoms with Crippen molar-refractivity contribution in [2.45, 2.75) is 32.6 Å². The Morgan fingerprint density at radius 2 is 1.82 bits per heavy atom. The van der Waals surface area contributed by atoms with Gasteiger partial charge >= 0.3 is 0 Å².